The van der Waals surface area contributed by atoms with Crippen molar-refractivity contribution in [3.8, 4) is 0 Å². The summed E-state index contributed by atoms with van der Waals surface area (Å²) < 4.78 is 15.0. The molecule has 1 N–H and O–H groups in total. The predicted octanol–water partition coefficient (Wildman–Crippen LogP) is 0.00960. The van der Waals surface area contributed by atoms with E-state index >= 15 is 0 Å². The quantitative estimate of drug-likeness (QED) is 0.569. The Balaban J connectivity index is 2.12. The maximum atomic E-state index is 8.90. The van der Waals surface area contributed by atoms with E-state index in [1.165, 1.54) is 6.42 Å². The topological polar surface area (TPSA) is 29.5 Å². The Labute approximate surface area is 51.3 Å². The monoisotopic (exact) mass is 210 g/mol. The van der Waals surface area contributed by atoms with Crippen molar-refractivity contribution in [1.82, 2.24) is 0 Å². The molecule has 1 saturated heterocycles. The Bertz CT molecular complexity index is 51.7. The van der Waals surface area contributed by atoms with Gasteiger partial charge in [-0.3, -0.25) is 0 Å². The zero-order valence-corrected chi connectivity index (χ0v) is 7.56. The fourth-order valence-electron chi connectivity index (χ4n) is 0.724. The minimum absolute atomic E-state index is 0.831. The van der Waals surface area contributed by atoms with Crippen LogP contribution in [-0.4, -0.2) is 30.6 Å². The van der Waals surface area contributed by atoms with Gasteiger partial charge in [-0.25, -0.2) is 0 Å². The van der Waals surface area contributed by atoms with Crippen molar-refractivity contribution in [2.75, 3.05) is 6.61 Å². The van der Waals surface area contributed by atoms with Gasteiger partial charge in [-0.1, -0.05) is 0 Å². The fraction of sp³-hybridized carbons (Fsp3) is 1.00. The van der Waals surface area contributed by atoms with Gasteiger partial charge >= 0.3 is 51.0 Å². The Hall–Kier alpha value is 0.719. The minimum atomic E-state index is -2.17. The van der Waals surface area contributed by atoms with Crippen LogP contribution in [0.3, 0.4) is 0 Å². The summed E-state index contributed by atoms with van der Waals surface area (Å²) in [7, 11) is 0. The first kappa shape index (κ1) is 5.85. The summed E-state index contributed by atoms with van der Waals surface area (Å²) in [5.74, 6) is 0. The predicted molar refractivity (Wildman–Crippen MR) is 29.4 cm³/mol. The van der Waals surface area contributed by atoms with Crippen LogP contribution in [0.4, 0.5) is 0 Å². The molecule has 0 aromatic rings. The van der Waals surface area contributed by atoms with Crippen LogP contribution in [0.1, 0.15) is 12.8 Å². The Morgan fingerprint density at radius 3 is 2.57 bits per heavy atom. The average Bonchev–Trinajstić information content (AvgIpc) is 1.69. The van der Waals surface area contributed by atoms with Crippen molar-refractivity contribution in [2.24, 2.45) is 0 Å². The summed E-state index contributed by atoms with van der Waals surface area (Å²) in [6, 6.07) is 0. The second kappa shape index (κ2) is 2.89. The average molecular weight is 209 g/mol. The molecule has 1 atom stereocenters. The first-order valence-corrected chi connectivity index (χ1v) is 7.84. The van der Waals surface area contributed by atoms with Crippen LogP contribution >= 0.6 is 0 Å². The molecule has 1 heterocycles. The van der Waals surface area contributed by atoms with Crippen LogP contribution in [0.2, 0.25) is 4.44 Å². The second-order valence-electron chi connectivity index (χ2n) is 1.82. The van der Waals surface area contributed by atoms with E-state index < -0.39 is 20.6 Å². The third kappa shape index (κ3) is 1.97. The fourth-order valence-corrected chi connectivity index (χ4v) is 4.27. The molecule has 1 rings (SSSR count). The molecule has 2 nitrogen and oxygen atoms in total. The number of hydrogen-bond acceptors (Lipinski definition) is 2. The zero-order valence-electron chi connectivity index (χ0n) is 4.26. The third-order valence-corrected chi connectivity index (χ3v) is 5.50. The molecule has 1 aliphatic rings. The molecule has 42 valence electrons. The molecule has 3 heteroatoms. The van der Waals surface area contributed by atoms with Crippen molar-refractivity contribution < 1.29 is 6.52 Å². The Morgan fingerprint density at radius 1 is 1.43 bits per heavy atom. The van der Waals surface area contributed by atoms with E-state index in [0.29, 0.717) is 0 Å². The molecule has 0 aromatic carbocycles. The molecule has 1 fully saturated rings. The van der Waals surface area contributed by atoms with E-state index in [4.69, 9.17) is 6.52 Å². The van der Waals surface area contributed by atoms with Gasteiger partial charge in [0.05, 0.1) is 0 Å². The van der Waals surface area contributed by atoms with Gasteiger partial charge in [-0.2, -0.15) is 0 Å². The van der Waals surface area contributed by atoms with E-state index in [1.54, 1.807) is 0 Å². The van der Waals surface area contributed by atoms with Crippen LogP contribution in [0, 0.1) is 0 Å². The van der Waals surface area contributed by atoms with Crippen LogP contribution in [0.15, 0.2) is 0 Å². The Morgan fingerprint density at radius 2 is 2.29 bits per heavy atom. The molecule has 0 spiro atoms. The van der Waals surface area contributed by atoms with Crippen molar-refractivity contribution in [2.45, 2.75) is 17.3 Å². The molecule has 1 aliphatic heterocycles. The van der Waals surface area contributed by atoms with Crippen LogP contribution < -0.4 is 0 Å². The van der Waals surface area contributed by atoms with Gasteiger partial charge in [0, 0.05) is 0 Å². The third-order valence-electron chi connectivity index (χ3n) is 1.16. The van der Waals surface area contributed by atoms with E-state index in [2.05, 4.69) is 0 Å². The van der Waals surface area contributed by atoms with Crippen LogP contribution in [0.5, 0.6) is 0 Å². The van der Waals surface area contributed by atoms with E-state index in [0.717, 1.165) is 17.5 Å². The first-order chi connectivity index (χ1) is 3.39. The van der Waals surface area contributed by atoms with Gasteiger partial charge in [0.25, 0.3) is 0 Å². The van der Waals surface area contributed by atoms with Crippen LogP contribution in [-0.2, 0) is 3.07 Å². The van der Waals surface area contributed by atoms with E-state index in [9.17, 15) is 0 Å². The molecule has 1 unspecified atom stereocenters. The molecule has 0 saturated carbocycles. The normalized spacial score (nSPS) is 33.0. The van der Waals surface area contributed by atoms with Gasteiger partial charge in [0.15, 0.2) is 0 Å². The molecule has 0 amide bonds. The standard InChI is InChI=1S/C4H8O.H2O.Sn.H/c1-2-3-4-5;;;/h1-4H2;1H2;;/q-1;;+2;/p-1. The molecule has 7 heavy (non-hydrogen) atoms. The van der Waals surface area contributed by atoms with Gasteiger partial charge in [-0.05, 0) is 0 Å². The molecule has 0 aromatic heterocycles. The SMILES string of the molecule is [OH][SnH]1[CH2]CCC[O]1. The summed E-state index contributed by atoms with van der Waals surface area (Å²) in [5.41, 5.74) is 0. The molecular weight excluding hydrogens is 199 g/mol. The summed E-state index contributed by atoms with van der Waals surface area (Å²) in [6.07, 6.45) is 2.37. The van der Waals surface area contributed by atoms with Crippen molar-refractivity contribution in [3.63, 3.8) is 0 Å². The second-order valence-corrected chi connectivity index (χ2v) is 7.02. The summed E-state index contributed by atoms with van der Waals surface area (Å²) in [6.45, 7) is 0.831. The van der Waals surface area contributed by atoms with Crippen molar-refractivity contribution in [3.05, 3.63) is 0 Å². The van der Waals surface area contributed by atoms with Crippen LogP contribution in [0.25, 0.3) is 0 Å². The first-order valence-electron chi connectivity index (χ1n) is 2.69. The van der Waals surface area contributed by atoms with Gasteiger partial charge in [0.1, 0.15) is 0 Å². The molecule has 0 bridgehead atoms. The van der Waals surface area contributed by atoms with Gasteiger partial charge < -0.3 is 0 Å². The molecular formula is C4H10O2Sn. The van der Waals surface area contributed by atoms with Gasteiger partial charge in [0.2, 0.25) is 0 Å². The van der Waals surface area contributed by atoms with Crippen molar-refractivity contribution in [1.29, 1.82) is 0 Å². The van der Waals surface area contributed by atoms with E-state index in [-0.39, 0.29) is 0 Å². The molecule has 0 radical (unpaired) electrons. The van der Waals surface area contributed by atoms with Gasteiger partial charge in [-0.15, -0.1) is 0 Å². The summed E-state index contributed by atoms with van der Waals surface area (Å²) >= 11 is -2.17. The number of rotatable bonds is 0. The Kier molecular flexibility index (Phi) is 2.41. The van der Waals surface area contributed by atoms with Crippen molar-refractivity contribution >= 4 is 20.6 Å². The van der Waals surface area contributed by atoms with E-state index in [1.807, 2.05) is 0 Å². The number of hydrogen-bond donors (Lipinski definition) is 1. The summed E-state index contributed by atoms with van der Waals surface area (Å²) in [5, 5.41) is 0. The maximum absolute atomic E-state index is 8.90. The summed E-state index contributed by atoms with van der Waals surface area (Å²) in [4.78, 5) is 0. The molecule has 0 aliphatic carbocycles. The zero-order chi connectivity index (χ0) is 5.11.